The molecule has 0 aromatic carbocycles. The summed E-state index contributed by atoms with van der Waals surface area (Å²) in [4.78, 5) is 21.0. The van der Waals surface area contributed by atoms with Crippen molar-refractivity contribution in [2.24, 2.45) is 0 Å². The molecule has 1 N–H and O–H groups in total. The van der Waals surface area contributed by atoms with Crippen LogP contribution in [0.15, 0.2) is 36.5 Å². The molecule has 0 aliphatic heterocycles. The van der Waals surface area contributed by atoms with Crippen molar-refractivity contribution in [3.63, 3.8) is 0 Å². The van der Waals surface area contributed by atoms with Gasteiger partial charge in [-0.2, -0.15) is 0 Å². The molecule has 0 aromatic rings. The lowest BCUT2D eigenvalue weighted by Gasteiger charge is -2.14. The maximum Gasteiger partial charge on any atom is 0.241 e. The van der Waals surface area contributed by atoms with Crippen LogP contribution in [0.2, 0.25) is 0 Å². The Hall–Kier alpha value is -1.75. The van der Waals surface area contributed by atoms with E-state index in [4.69, 9.17) is 0 Å². The smallest absolute Gasteiger partial charge is 0.241 e. The quantitative estimate of drug-likeness (QED) is 0.111. The molecule has 0 aliphatic carbocycles. The first-order chi connectivity index (χ1) is 13.1. The van der Waals surface area contributed by atoms with Crippen LogP contribution in [0.1, 0.15) is 84.0 Å². The molecule has 0 fully saturated rings. The van der Waals surface area contributed by atoms with E-state index in [9.17, 15) is 20.0 Å². The Morgan fingerprint density at radius 2 is 1.52 bits per heavy atom. The van der Waals surface area contributed by atoms with Crippen LogP contribution >= 0.6 is 0 Å². The lowest BCUT2D eigenvalue weighted by molar-refractivity contribution is -0.533. The van der Waals surface area contributed by atoms with Crippen LogP contribution < -0.4 is 0 Å². The second kappa shape index (κ2) is 19.0. The molecule has 2 unspecified atom stereocenters. The van der Waals surface area contributed by atoms with Gasteiger partial charge in [0.15, 0.2) is 0 Å². The van der Waals surface area contributed by atoms with Crippen molar-refractivity contribution >= 4 is 6.29 Å². The van der Waals surface area contributed by atoms with Gasteiger partial charge in [-0.3, -0.25) is 10.1 Å². The Bertz CT molecular complexity index is 457. The van der Waals surface area contributed by atoms with Gasteiger partial charge in [0.05, 0.1) is 0 Å². The maximum absolute atomic E-state index is 11.2. The van der Waals surface area contributed by atoms with E-state index in [1.807, 2.05) is 6.08 Å². The molecular formula is C22H37NO4. The standard InChI is InChI=1S/C22H37NO4/c1-2-3-4-5-6-7-8-9-10-11-12-15-18-21(23(26)27)22(25)19-16-13-14-17-20-24/h6-7,9-10,12,15,20-22,25H,2-5,8,11,13-14,16-19H2,1H3/b7-6-,10-9-,15-12-. The highest BCUT2D eigenvalue weighted by Crippen LogP contribution is 2.13. The molecule has 0 saturated carbocycles. The Kier molecular flexibility index (Phi) is 17.8. The van der Waals surface area contributed by atoms with Crippen LogP contribution in [-0.4, -0.2) is 28.5 Å². The summed E-state index contributed by atoms with van der Waals surface area (Å²) in [5.41, 5.74) is 0. The van der Waals surface area contributed by atoms with Crippen molar-refractivity contribution < 1.29 is 14.8 Å². The fraction of sp³-hybridized carbons (Fsp3) is 0.682. The van der Waals surface area contributed by atoms with Crippen LogP contribution in [0.25, 0.3) is 0 Å². The summed E-state index contributed by atoms with van der Waals surface area (Å²) in [6.45, 7) is 2.20. The predicted molar refractivity (Wildman–Crippen MR) is 111 cm³/mol. The third-order valence-electron chi connectivity index (χ3n) is 4.43. The molecule has 0 heterocycles. The summed E-state index contributed by atoms with van der Waals surface area (Å²) >= 11 is 0. The van der Waals surface area contributed by atoms with Crippen LogP contribution in [0, 0.1) is 10.1 Å². The molecule has 27 heavy (non-hydrogen) atoms. The summed E-state index contributed by atoms with van der Waals surface area (Å²) in [6.07, 6.45) is 22.2. The second-order valence-electron chi connectivity index (χ2n) is 6.84. The minimum atomic E-state index is -0.956. The Balaban J connectivity index is 3.96. The van der Waals surface area contributed by atoms with Crippen molar-refractivity contribution in [1.82, 2.24) is 0 Å². The molecule has 5 nitrogen and oxygen atoms in total. The lowest BCUT2D eigenvalue weighted by Crippen LogP contribution is -2.33. The Morgan fingerprint density at radius 1 is 0.889 bits per heavy atom. The van der Waals surface area contributed by atoms with Crippen molar-refractivity contribution in [3.8, 4) is 0 Å². The number of allylic oxidation sites excluding steroid dienone is 5. The molecule has 0 radical (unpaired) electrons. The fourth-order valence-corrected chi connectivity index (χ4v) is 2.74. The average molecular weight is 380 g/mol. The molecule has 2 atom stereocenters. The van der Waals surface area contributed by atoms with Gasteiger partial charge in [0, 0.05) is 17.8 Å². The van der Waals surface area contributed by atoms with Gasteiger partial charge in [0.2, 0.25) is 6.04 Å². The van der Waals surface area contributed by atoms with E-state index in [0.717, 1.165) is 38.4 Å². The molecule has 0 saturated heterocycles. The van der Waals surface area contributed by atoms with Crippen LogP contribution in [0.5, 0.6) is 0 Å². The van der Waals surface area contributed by atoms with Gasteiger partial charge in [-0.15, -0.1) is 0 Å². The molecule has 0 bridgehead atoms. The third-order valence-corrected chi connectivity index (χ3v) is 4.43. The van der Waals surface area contributed by atoms with E-state index < -0.39 is 12.1 Å². The monoisotopic (exact) mass is 379 g/mol. The Labute approximate surface area is 164 Å². The molecule has 0 amide bonds. The number of hydrogen-bond donors (Lipinski definition) is 1. The van der Waals surface area contributed by atoms with E-state index in [0.29, 0.717) is 19.3 Å². The highest BCUT2D eigenvalue weighted by atomic mass is 16.6. The van der Waals surface area contributed by atoms with E-state index in [2.05, 4.69) is 31.2 Å². The minimum absolute atomic E-state index is 0.244. The summed E-state index contributed by atoms with van der Waals surface area (Å²) in [7, 11) is 0. The van der Waals surface area contributed by atoms with Crippen molar-refractivity contribution in [2.75, 3.05) is 0 Å². The van der Waals surface area contributed by atoms with Gasteiger partial charge in [0.25, 0.3) is 0 Å². The normalized spacial score (nSPS) is 14.3. The highest BCUT2D eigenvalue weighted by Gasteiger charge is 2.27. The second-order valence-corrected chi connectivity index (χ2v) is 6.84. The molecule has 5 heteroatoms. The molecule has 0 aliphatic rings. The Morgan fingerprint density at radius 3 is 2.15 bits per heavy atom. The van der Waals surface area contributed by atoms with E-state index in [1.165, 1.54) is 19.3 Å². The summed E-state index contributed by atoms with van der Waals surface area (Å²) < 4.78 is 0. The SMILES string of the molecule is CCCCC/C=C\C/C=C\C/C=C\CC(C(O)CCCCCC=O)[N+](=O)[O-]. The zero-order valence-electron chi connectivity index (χ0n) is 16.8. The first kappa shape index (κ1) is 25.2. The number of unbranched alkanes of at least 4 members (excludes halogenated alkanes) is 6. The number of aliphatic hydroxyl groups excluding tert-OH is 1. The van der Waals surface area contributed by atoms with Crippen molar-refractivity contribution in [3.05, 3.63) is 46.6 Å². The number of hydrogen-bond acceptors (Lipinski definition) is 4. The van der Waals surface area contributed by atoms with Gasteiger partial charge < -0.3 is 9.90 Å². The van der Waals surface area contributed by atoms with Gasteiger partial charge in [0.1, 0.15) is 12.4 Å². The maximum atomic E-state index is 11.2. The van der Waals surface area contributed by atoms with Gasteiger partial charge in [-0.1, -0.05) is 69.1 Å². The number of rotatable bonds is 18. The van der Waals surface area contributed by atoms with Crippen molar-refractivity contribution in [1.29, 1.82) is 0 Å². The zero-order valence-corrected chi connectivity index (χ0v) is 16.8. The lowest BCUT2D eigenvalue weighted by atomic mass is 10.0. The first-order valence-corrected chi connectivity index (χ1v) is 10.3. The van der Waals surface area contributed by atoms with Crippen LogP contribution in [0.4, 0.5) is 0 Å². The minimum Gasteiger partial charge on any atom is -0.386 e. The number of nitrogens with zero attached hydrogens (tertiary/aromatic N) is 1. The number of aldehydes is 1. The van der Waals surface area contributed by atoms with Crippen molar-refractivity contribution in [2.45, 2.75) is 96.1 Å². The van der Waals surface area contributed by atoms with E-state index in [1.54, 1.807) is 6.08 Å². The predicted octanol–water partition coefficient (Wildman–Crippen LogP) is 5.56. The summed E-state index contributed by atoms with van der Waals surface area (Å²) in [5, 5.41) is 21.2. The van der Waals surface area contributed by atoms with Crippen LogP contribution in [-0.2, 0) is 4.79 Å². The highest BCUT2D eigenvalue weighted by molar-refractivity contribution is 5.48. The van der Waals surface area contributed by atoms with E-state index >= 15 is 0 Å². The largest absolute Gasteiger partial charge is 0.386 e. The molecule has 154 valence electrons. The molecule has 0 aromatic heterocycles. The number of carbonyl (C=O) groups excluding carboxylic acids is 1. The average Bonchev–Trinajstić information content (AvgIpc) is 2.65. The fourth-order valence-electron chi connectivity index (χ4n) is 2.74. The molecule has 0 spiro atoms. The first-order valence-electron chi connectivity index (χ1n) is 10.3. The summed E-state index contributed by atoms with van der Waals surface area (Å²) in [5.74, 6) is 0. The molecule has 0 rings (SSSR count). The third kappa shape index (κ3) is 16.2. The summed E-state index contributed by atoms with van der Waals surface area (Å²) in [6, 6.07) is -0.956. The van der Waals surface area contributed by atoms with Crippen LogP contribution in [0.3, 0.4) is 0 Å². The van der Waals surface area contributed by atoms with Gasteiger partial charge >= 0.3 is 0 Å². The molecular weight excluding hydrogens is 342 g/mol. The number of nitro groups is 1. The van der Waals surface area contributed by atoms with Gasteiger partial charge in [-0.25, -0.2) is 0 Å². The van der Waals surface area contributed by atoms with Gasteiger partial charge in [-0.05, 0) is 38.5 Å². The number of carbonyl (C=O) groups is 1. The zero-order chi connectivity index (χ0) is 20.2. The topological polar surface area (TPSA) is 80.4 Å². The van der Waals surface area contributed by atoms with E-state index in [-0.39, 0.29) is 11.3 Å². The number of aliphatic hydroxyl groups is 1.